The van der Waals surface area contributed by atoms with Gasteiger partial charge >= 0.3 is 5.97 Å². The number of carboxylic acids is 1. The minimum Gasteiger partial charge on any atom is -0.481 e. The summed E-state index contributed by atoms with van der Waals surface area (Å²) in [5, 5.41) is 11.1. The summed E-state index contributed by atoms with van der Waals surface area (Å²) in [6, 6.07) is 1.98. The molecule has 7 nitrogen and oxygen atoms in total. The summed E-state index contributed by atoms with van der Waals surface area (Å²) in [5.41, 5.74) is 0.947. The van der Waals surface area contributed by atoms with Gasteiger partial charge in [-0.05, 0) is 24.3 Å². The Morgan fingerprint density at radius 2 is 1.88 bits per heavy atom. The zero-order valence-electron chi connectivity index (χ0n) is 13.1. The van der Waals surface area contributed by atoms with E-state index < -0.39 is 11.9 Å². The maximum Gasteiger partial charge on any atom is 0.307 e. The Balaban J connectivity index is 1.43. The fourth-order valence-corrected chi connectivity index (χ4v) is 4.33. The van der Waals surface area contributed by atoms with Gasteiger partial charge in [0.2, 0.25) is 5.91 Å². The van der Waals surface area contributed by atoms with Crippen molar-refractivity contribution >= 4 is 39.2 Å². The van der Waals surface area contributed by atoms with Gasteiger partial charge < -0.3 is 14.9 Å². The number of carbonyl (C=O) groups is 2. The molecular formula is C16H18N4O3S. The molecule has 2 atom stereocenters. The second-order valence-electron chi connectivity index (χ2n) is 6.27. The maximum absolute atomic E-state index is 12.5. The van der Waals surface area contributed by atoms with Gasteiger partial charge in [-0.25, -0.2) is 9.97 Å². The van der Waals surface area contributed by atoms with E-state index in [2.05, 4.69) is 14.9 Å². The van der Waals surface area contributed by atoms with Crippen molar-refractivity contribution in [3.05, 3.63) is 17.8 Å². The molecule has 2 aromatic heterocycles. The van der Waals surface area contributed by atoms with Gasteiger partial charge in [0.05, 0.1) is 22.1 Å². The van der Waals surface area contributed by atoms with E-state index in [-0.39, 0.29) is 11.8 Å². The van der Waals surface area contributed by atoms with Crippen molar-refractivity contribution in [3.8, 4) is 0 Å². The fourth-order valence-electron chi connectivity index (χ4n) is 3.47. The molecule has 126 valence electrons. The molecule has 0 bridgehead atoms. The quantitative estimate of drug-likeness (QED) is 0.905. The van der Waals surface area contributed by atoms with Crippen LogP contribution in [0.4, 0.5) is 5.82 Å². The Labute approximate surface area is 142 Å². The van der Waals surface area contributed by atoms with Crippen molar-refractivity contribution < 1.29 is 14.7 Å². The van der Waals surface area contributed by atoms with E-state index in [1.807, 2.05) is 16.3 Å². The predicted octanol–water partition coefficient (Wildman–Crippen LogP) is 1.45. The number of hydrogen-bond acceptors (Lipinski definition) is 6. The minimum atomic E-state index is -0.848. The largest absolute Gasteiger partial charge is 0.481 e. The lowest BCUT2D eigenvalue weighted by molar-refractivity contribution is -0.156. The van der Waals surface area contributed by atoms with Crippen LogP contribution in [0.15, 0.2) is 17.8 Å². The number of aromatic nitrogens is 2. The number of rotatable bonds is 3. The summed E-state index contributed by atoms with van der Waals surface area (Å²) < 4.78 is 1.07. The van der Waals surface area contributed by atoms with Crippen LogP contribution in [0.3, 0.4) is 0 Å². The minimum absolute atomic E-state index is 0.00254. The number of hydrogen-bond donors (Lipinski definition) is 1. The molecule has 3 heterocycles. The number of nitrogens with zero attached hydrogens (tertiary/aromatic N) is 4. The zero-order valence-corrected chi connectivity index (χ0v) is 13.9. The predicted molar refractivity (Wildman–Crippen MR) is 90.1 cm³/mol. The first-order valence-electron chi connectivity index (χ1n) is 8.10. The van der Waals surface area contributed by atoms with Crippen LogP contribution in [0.5, 0.6) is 0 Å². The van der Waals surface area contributed by atoms with Crippen LogP contribution in [0.2, 0.25) is 0 Å². The third-order valence-corrected chi connectivity index (χ3v) is 5.92. The Morgan fingerprint density at radius 3 is 2.54 bits per heavy atom. The van der Waals surface area contributed by atoms with Crippen molar-refractivity contribution in [2.24, 2.45) is 11.8 Å². The van der Waals surface area contributed by atoms with E-state index in [1.54, 1.807) is 17.7 Å². The van der Waals surface area contributed by atoms with Crippen LogP contribution >= 0.6 is 11.3 Å². The SMILES string of the molecule is O=C(O)C1CCC1C(=O)N1CCN(c2ncnc3ccsc23)CC1. The Bertz CT molecular complexity index is 784. The lowest BCUT2D eigenvalue weighted by Crippen LogP contribution is -2.53. The van der Waals surface area contributed by atoms with Crippen LogP contribution in [0, 0.1) is 11.8 Å². The summed E-state index contributed by atoms with van der Waals surface area (Å²) in [4.78, 5) is 36.3. The molecule has 1 saturated carbocycles. The van der Waals surface area contributed by atoms with Gasteiger partial charge in [-0.2, -0.15) is 0 Å². The summed E-state index contributed by atoms with van der Waals surface area (Å²) in [7, 11) is 0. The number of amides is 1. The smallest absolute Gasteiger partial charge is 0.307 e. The first kappa shape index (κ1) is 15.3. The number of fused-ring (bicyclic) bond motifs is 1. The van der Waals surface area contributed by atoms with Gasteiger partial charge in [-0.3, -0.25) is 9.59 Å². The van der Waals surface area contributed by atoms with Gasteiger partial charge in [-0.15, -0.1) is 11.3 Å². The van der Waals surface area contributed by atoms with E-state index in [0.29, 0.717) is 39.0 Å². The van der Waals surface area contributed by atoms with Gasteiger partial charge in [0.1, 0.15) is 12.1 Å². The number of thiophene rings is 1. The molecule has 1 amide bonds. The van der Waals surface area contributed by atoms with Crippen molar-refractivity contribution in [2.45, 2.75) is 12.8 Å². The highest BCUT2D eigenvalue weighted by Crippen LogP contribution is 2.36. The van der Waals surface area contributed by atoms with Crippen molar-refractivity contribution in [1.82, 2.24) is 14.9 Å². The van der Waals surface area contributed by atoms with Crippen molar-refractivity contribution in [3.63, 3.8) is 0 Å². The van der Waals surface area contributed by atoms with E-state index in [0.717, 1.165) is 16.0 Å². The molecule has 1 aliphatic carbocycles. The molecule has 1 aliphatic heterocycles. The Hall–Kier alpha value is -2.22. The molecule has 0 aromatic carbocycles. The van der Waals surface area contributed by atoms with Gasteiger partial charge in [0.15, 0.2) is 0 Å². The molecule has 2 fully saturated rings. The van der Waals surface area contributed by atoms with Gasteiger partial charge in [-0.1, -0.05) is 0 Å². The standard InChI is InChI=1S/C16H18N4O3S/c21-15(10-1-2-11(10)16(22)23)20-6-4-19(5-7-20)14-13-12(3-8-24-13)17-9-18-14/h3,8-11H,1-2,4-7H2,(H,22,23). The average Bonchev–Trinajstić information content (AvgIpc) is 3.02. The third kappa shape index (κ3) is 2.50. The van der Waals surface area contributed by atoms with E-state index >= 15 is 0 Å². The van der Waals surface area contributed by atoms with Gasteiger partial charge in [0.25, 0.3) is 0 Å². The molecular weight excluding hydrogens is 328 g/mol. The maximum atomic E-state index is 12.5. The molecule has 0 radical (unpaired) electrons. The second kappa shape index (κ2) is 6.01. The third-order valence-electron chi connectivity index (χ3n) is 5.02. The molecule has 24 heavy (non-hydrogen) atoms. The summed E-state index contributed by atoms with van der Waals surface area (Å²) in [6.45, 7) is 2.64. The number of carboxylic acid groups (broad SMARTS) is 1. The first-order chi connectivity index (χ1) is 11.6. The highest BCUT2D eigenvalue weighted by molar-refractivity contribution is 7.17. The topological polar surface area (TPSA) is 86.6 Å². The normalized spacial score (nSPS) is 24.0. The zero-order chi connectivity index (χ0) is 16.7. The molecule has 1 saturated heterocycles. The van der Waals surface area contributed by atoms with Crippen molar-refractivity contribution in [1.29, 1.82) is 0 Å². The second-order valence-corrected chi connectivity index (χ2v) is 7.19. The van der Waals surface area contributed by atoms with Crippen LogP contribution in [-0.2, 0) is 9.59 Å². The summed E-state index contributed by atoms with van der Waals surface area (Å²) in [5.74, 6) is -0.758. The lowest BCUT2D eigenvalue weighted by Gasteiger charge is -2.40. The number of piperazine rings is 1. The molecule has 4 rings (SSSR count). The molecule has 2 aliphatic rings. The highest BCUT2D eigenvalue weighted by Gasteiger charge is 2.43. The van der Waals surface area contributed by atoms with E-state index in [4.69, 9.17) is 5.11 Å². The van der Waals surface area contributed by atoms with Crippen LogP contribution in [0.1, 0.15) is 12.8 Å². The van der Waals surface area contributed by atoms with Crippen LogP contribution in [0.25, 0.3) is 10.2 Å². The first-order valence-corrected chi connectivity index (χ1v) is 8.98. The number of carbonyl (C=O) groups excluding carboxylic acids is 1. The highest BCUT2D eigenvalue weighted by atomic mass is 32.1. The average molecular weight is 346 g/mol. The Morgan fingerprint density at radius 1 is 1.12 bits per heavy atom. The Kier molecular flexibility index (Phi) is 3.84. The van der Waals surface area contributed by atoms with Crippen molar-refractivity contribution in [2.75, 3.05) is 31.1 Å². The number of aliphatic carboxylic acids is 1. The van der Waals surface area contributed by atoms with Gasteiger partial charge in [0, 0.05) is 26.2 Å². The number of anilines is 1. The molecule has 8 heteroatoms. The lowest BCUT2D eigenvalue weighted by atomic mass is 9.73. The van der Waals surface area contributed by atoms with E-state index in [9.17, 15) is 9.59 Å². The fraction of sp³-hybridized carbons (Fsp3) is 0.500. The van der Waals surface area contributed by atoms with Crippen LogP contribution < -0.4 is 4.90 Å². The summed E-state index contributed by atoms with van der Waals surface area (Å²) in [6.07, 6.45) is 2.88. The summed E-state index contributed by atoms with van der Waals surface area (Å²) >= 11 is 1.62. The van der Waals surface area contributed by atoms with Crippen LogP contribution in [-0.4, -0.2) is 58.0 Å². The van der Waals surface area contributed by atoms with E-state index in [1.165, 1.54) is 0 Å². The molecule has 1 N–H and O–H groups in total. The monoisotopic (exact) mass is 346 g/mol. The molecule has 2 aromatic rings. The molecule has 0 spiro atoms. The molecule has 2 unspecified atom stereocenters.